The number of carbonyl (C=O) groups excluding carboxylic acids is 1. The summed E-state index contributed by atoms with van der Waals surface area (Å²) in [6.07, 6.45) is 0.0603. The van der Waals surface area contributed by atoms with Crippen LogP contribution in [-0.2, 0) is 4.79 Å². The van der Waals surface area contributed by atoms with E-state index in [9.17, 15) is 9.70 Å². The minimum absolute atomic E-state index is 0.0603. The van der Waals surface area contributed by atoms with Gasteiger partial charge in [0.2, 0.25) is 5.91 Å². The van der Waals surface area contributed by atoms with Gasteiger partial charge in [-0.2, -0.15) is 5.01 Å². The van der Waals surface area contributed by atoms with Crippen molar-refractivity contribution < 1.29 is 10.0 Å². The molecule has 0 aromatic carbocycles. The molecule has 76 valence electrons. The molecule has 0 aromatic rings. The van der Waals surface area contributed by atoms with E-state index in [0.29, 0.717) is 0 Å². The highest BCUT2D eigenvalue weighted by Crippen LogP contribution is 2.03. The third-order valence-electron chi connectivity index (χ3n) is 1.49. The lowest BCUT2D eigenvalue weighted by Crippen LogP contribution is -2.43. The monoisotopic (exact) mass is 190 g/mol. The average molecular weight is 190 g/mol. The second-order valence-corrected chi connectivity index (χ2v) is 2.82. The summed E-state index contributed by atoms with van der Waals surface area (Å²) in [6, 6.07) is -0.137. The predicted molar refractivity (Wildman–Crippen MR) is 45.1 cm³/mol. The van der Waals surface area contributed by atoms with E-state index in [4.69, 9.17) is 10.9 Å². The molecule has 0 saturated heterocycles. The van der Waals surface area contributed by atoms with Gasteiger partial charge in [0.25, 0.3) is 0 Å². The van der Waals surface area contributed by atoms with Crippen LogP contribution in [-0.4, -0.2) is 34.0 Å². The van der Waals surface area contributed by atoms with Crippen molar-refractivity contribution >= 4 is 5.91 Å². The number of rotatable bonds is 6. The summed E-state index contributed by atoms with van der Waals surface area (Å²) in [5.41, 5.74) is 4.91. The Morgan fingerprint density at radius 2 is 2.15 bits per heavy atom. The normalized spacial score (nSPS) is 10.5. The fourth-order valence-corrected chi connectivity index (χ4v) is 0.826. The first-order valence-corrected chi connectivity index (χ1v) is 3.86. The van der Waals surface area contributed by atoms with Crippen molar-refractivity contribution in [1.29, 1.82) is 0 Å². The molecule has 0 bridgehead atoms. The summed E-state index contributed by atoms with van der Waals surface area (Å²) in [4.78, 5) is 20.4. The molecule has 1 amide bonds. The molecule has 13 heavy (non-hydrogen) atoms. The summed E-state index contributed by atoms with van der Waals surface area (Å²) in [7, 11) is 0. The average Bonchev–Trinajstić information content (AvgIpc) is 2.03. The summed E-state index contributed by atoms with van der Waals surface area (Å²) >= 11 is 0. The lowest BCUT2D eigenvalue weighted by molar-refractivity contribution is -0.259. The molecule has 0 spiro atoms. The van der Waals surface area contributed by atoms with Crippen molar-refractivity contribution in [1.82, 2.24) is 10.3 Å². The maximum Gasteiger partial charge on any atom is 0.218 e. The van der Waals surface area contributed by atoms with Crippen LogP contribution in [0.3, 0.4) is 0 Å². The van der Waals surface area contributed by atoms with Crippen LogP contribution in [0.4, 0.5) is 0 Å². The van der Waals surface area contributed by atoms with Crippen LogP contribution in [0.1, 0.15) is 20.3 Å². The molecule has 7 nitrogen and oxygen atoms in total. The van der Waals surface area contributed by atoms with E-state index in [0.717, 1.165) is 0 Å². The van der Waals surface area contributed by atoms with Crippen LogP contribution in [0.25, 0.3) is 0 Å². The standard InChI is InChI=1S/C6H14N4O3/c1-5(2)9(10(13)8-12)4-3-6(7)11/h5,13H,3-4H2,1-2H3,(H2,7,11). The topological polar surface area (TPSA) is 99.2 Å². The molecule has 0 aromatic heterocycles. The molecule has 0 heterocycles. The zero-order valence-electron chi connectivity index (χ0n) is 7.67. The van der Waals surface area contributed by atoms with Gasteiger partial charge in [0.15, 0.2) is 0 Å². The van der Waals surface area contributed by atoms with Gasteiger partial charge < -0.3 is 5.73 Å². The third kappa shape index (κ3) is 4.38. The van der Waals surface area contributed by atoms with E-state index in [1.54, 1.807) is 13.8 Å². The molecule has 7 heteroatoms. The van der Waals surface area contributed by atoms with Crippen LogP contribution in [0.15, 0.2) is 5.29 Å². The predicted octanol–water partition coefficient (Wildman–Crippen LogP) is -0.140. The summed E-state index contributed by atoms with van der Waals surface area (Å²) in [5, 5.41) is 12.6. The molecular formula is C6H14N4O3. The Balaban J connectivity index is 4.09. The molecular weight excluding hydrogens is 176 g/mol. The molecule has 0 aliphatic heterocycles. The van der Waals surface area contributed by atoms with Crippen molar-refractivity contribution in [3.05, 3.63) is 4.91 Å². The molecule has 0 saturated carbocycles. The Hall–Kier alpha value is -1.21. The molecule has 0 atom stereocenters. The first kappa shape index (κ1) is 11.8. The van der Waals surface area contributed by atoms with Crippen LogP contribution < -0.4 is 5.73 Å². The summed E-state index contributed by atoms with van der Waals surface area (Å²) in [5.74, 6) is -0.495. The Morgan fingerprint density at radius 1 is 1.62 bits per heavy atom. The fourth-order valence-electron chi connectivity index (χ4n) is 0.826. The summed E-state index contributed by atoms with van der Waals surface area (Å²) < 4.78 is 0. The highest BCUT2D eigenvalue weighted by atomic mass is 16.6. The number of nitrogens with two attached hydrogens (primary N) is 1. The van der Waals surface area contributed by atoms with Gasteiger partial charge in [0, 0.05) is 19.0 Å². The van der Waals surface area contributed by atoms with Gasteiger partial charge in [-0.25, -0.2) is 0 Å². The van der Waals surface area contributed by atoms with Crippen molar-refractivity contribution in [2.75, 3.05) is 6.54 Å². The number of nitroso groups, excluding NO2 is 1. The fraction of sp³-hybridized carbons (Fsp3) is 0.833. The van der Waals surface area contributed by atoms with Crippen LogP contribution >= 0.6 is 0 Å². The van der Waals surface area contributed by atoms with Crippen molar-refractivity contribution in [3.8, 4) is 0 Å². The Labute approximate surface area is 76.0 Å². The van der Waals surface area contributed by atoms with E-state index in [1.165, 1.54) is 5.01 Å². The lowest BCUT2D eigenvalue weighted by Gasteiger charge is -2.27. The Bertz CT molecular complexity index is 185. The van der Waals surface area contributed by atoms with E-state index in [1.807, 2.05) is 0 Å². The third-order valence-corrected chi connectivity index (χ3v) is 1.49. The summed E-state index contributed by atoms with van der Waals surface area (Å²) in [6.45, 7) is 3.65. The maximum atomic E-state index is 10.4. The highest BCUT2D eigenvalue weighted by Gasteiger charge is 2.16. The van der Waals surface area contributed by atoms with E-state index in [-0.39, 0.29) is 24.3 Å². The SMILES string of the molecule is CC(C)N(CCC(N)=O)N(O)N=O. The second-order valence-electron chi connectivity index (χ2n) is 2.82. The number of hydrogen-bond donors (Lipinski definition) is 2. The molecule has 0 rings (SSSR count). The first-order chi connectivity index (χ1) is 5.99. The molecule has 0 fully saturated rings. The van der Waals surface area contributed by atoms with Gasteiger partial charge in [-0.15, -0.1) is 4.91 Å². The van der Waals surface area contributed by atoms with Gasteiger partial charge >= 0.3 is 0 Å². The number of hydrogen-bond acceptors (Lipinski definition) is 5. The lowest BCUT2D eigenvalue weighted by atomic mass is 10.3. The highest BCUT2D eigenvalue weighted by molar-refractivity contribution is 5.73. The van der Waals surface area contributed by atoms with Gasteiger partial charge in [-0.1, -0.05) is 5.28 Å². The molecule has 0 aliphatic rings. The van der Waals surface area contributed by atoms with Gasteiger partial charge in [0.05, 0.1) is 5.29 Å². The molecule has 0 unspecified atom stereocenters. The zero-order valence-corrected chi connectivity index (χ0v) is 7.67. The van der Waals surface area contributed by atoms with Crippen molar-refractivity contribution in [2.45, 2.75) is 26.3 Å². The molecule has 0 radical (unpaired) electrons. The van der Waals surface area contributed by atoms with E-state index < -0.39 is 5.91 Å². The largest absolute Gasteiger partial charge is 0.370 e. The minimum atomic E-state index is -0.495. The smallest absolute Gasteiger partial charge is 0.218 e. The van der Waals surface area contributed by atoms with Gasteiger partial charge in [-0.05, 0) is 13.8 Å². The van der Waals surface area contributed by atoms with Gasteiger partial charge in [0.1, 0.15) is 0 Å². The molecule has 3 N–H and O–H groups in total. The number of hydrazine groups is 1. The van der Waals surface area contributed by atoms with Crippen LogP contribution in [0.5, 0.6) is 0 Å². The van der Waals surface area contributed by atoms with Gasteiger partial charge in [-0.3, -0.25) is 10.0 Å². The Kier molecular flexibility index (Phi) is 4.93. The van der Waals surface area contributed by atoms with E-state index >= 15 is 0 Å². The second kappa shape index (κ2) is 5.44. The quantitative estimate of drug-likeness (QED) is 0.448. The first-order valence-electron chi connectivity index (χ1n) is 3.86. The van der Waals surface area contributed by atoms with E-state index in [2.05, 4.69) is 5.29 Å². The molecule has 0 aliphatic carbocycles. The Morgan fingerprint density at radius 3 is 2.46 bits per heavy atom. The van der Waals surface area contributed by atoms with Crippen LogP contribution in [0, 0.1) is 4.91 Å². The minimum Gasteiger partial charge on any atom is -0.370 e. The number of primary amides is 1. The van der Waals surface area contributed by atoms with Crippen LogP contribution in [0.2, 0.25) is 0 Å². The number of carbonyl (C=O) groups is 1. The number of nitrogens with zero attached hydrogens (tertiary/aromatic N) is 3. The zero-order chi connectivity index (χ0) is 10.4. The number of amides is 1. The maximum absolute atomic E-state index is 10.4. The van der Waals surface area contributed by atoms with Crippen molar-refractivity contribution in [2.24, 2.45) is 11.0 Å². The van der Waals surface area contributed by atoms with Crippen molar-refractivity contribution in [3.63, 3.8) is 0 Å².